The second-order valence-corrected chi connectivity index (χ2v) is 5.42. The highest BCUT2D eigenvalue weighted by Crippen LogP contribution is 2.12. The van der Waals surface area contributed by atoms with Gasteiger partial charge in [-0.1, -0.05) is 0 Å². The molecule has 15 heavy (non-hydrogen) atoms. The normalized spacial score (nSPS) is 19.5. The molecule has 0 amide bonds. The van der Waals surface area contributed by atoms with Crippen LogP contribution in [0.15, 0.2) is 0 Å². The van der Waals surface area contributed by atoms with E-state index in [0.29, 0.717) is 0 Å². The molecule has 92 valence electrons. The maximum Gasteiger partial charge on any atom is 0.182 e. The molecule has 0 aliphatic heterocycles. The molecule has 4 unspecified atom stereocenters. The molecular weight excluding hydrogens is 287 g/mol. The van der Waals surface area contributed by atoms with Crippen molar-refractivity contribution >= 4 is 45.4 Å². The summed E-state index contributed by atoms with van der Waals surface area (Å²) in [6.07, 6.45) is 0.251. The van der Waals surface area contributed by atoms with E-state index in [4.69, 9.17) is 37.0 Å². The van der Waals surface area contributed by atoms with Gasteiger partial charge in [-0.25, -0.2) is 8.42 Å². The average Bonchev–Trinajstić information content (AvgIpc) is 2.15. The summed E-state index contributed by atoms with van der Waals surface area (Å²) in [5.74, 6) is 0.255. The van der Waals surface area contributed by atoms with Gasteiger partial charge in [-0.05, 0) is 0 Å². The predicted molar refractivity (Wildman–Crippen MR) is 60.9 cm³/mol. The highest BCUT2D eigenvalue weighted by Gasteiger charge is 2.24. The summed E-state index contributed by atoms with van der Waals surface area (Å²) < 4.78 is 44.2. The quantitative estimate of drug-likeness (QED) is 0.522. The van der Waals surface area contributed by atoms with Gasteiger partial charge in [0.05, 0.1) is 0 Å². The molecule has 0 bridgehead atoms. The molecule has 0 rings (SSSR count). The molecule has 0 aromatic heterocycles. The Bertz CT molecular complexity index is 206. The Morgan fingerprint density at radius 2 is 1.33 bits per heavy atom. The second-order valence-electron chi connectivity index (χ2n) is 2.50. The minimum Gasteiger partial charge on any atom is -0.343 e. The van der Waals surface area contributed by atoms with Gasteiger partial charge in [0.2, 0.25) is 0 Å². The SMILES string of the molecule is O=S(O)C(CCCl)OC(CCCl)S(=O)O. The van der Waals surface area contributed by atoms with Crippen LogP contribution in [0.4, 0.5) is 0 Å². The number of alkyl halides is 2. The molecule has 0 aromatic rings. The van der Waals surface area contributed by atoms with Gasteiger partial charge in [0, 0.05) is 24.6 Å². The van der Waals surface area contributed by atoms with Crippen molar-refractivity contribution in [3.63, 3.8) is 0 Å². The van der Waals surface area contributed by atoms with Crippen LogP contribution in [-0.4, -0.2) is 40.2 Å². The van der Waals surface area contributed by atoms with E-state index in [1.807, 2.05) is 0 Å². The molecular formula is C6H12Cl2O5S2. The molecule has 5 nitrogen and oxygen atoms in total. The zero-order valence-electron chi connectivity index (χ0n) is 7.67. The Hall–Kier alpha value is 0.760. The molecule has 0 heterocycles. The Morgan fingerprint density at radius 1 is 1.00 bits per heavy atom. The van der Waals surface area contributed by atoms with Crippen LogP contribution in [0.25, 0.3) is 0 Å². The topological polar surface area (TPSA) is 83.8 Å². The number of rotatable bonds is 8. The lowest BCUT2D eigenvalue weighted by Gasteiger charge is -2.18. The second kappa shape index (κ2) is 8.86. The van der Waals surface area contributed by atoms with Crippen molar-refractivity contribution in [3.05, 3.63) is 0 Å². The van der Waals surface area contributed by atoms with Crippen LogP contribution < -0.4 is 0 Å². The fourth-order valence-corrected chi connectivity index (χ4v) is 2.60. The Labute approximate surface area is 103 Å². The van der Waals surface area contributed by atoms with Crippen molar-refractivity contribution < 1.29 is 22.3 Å². The summed E-state index contributed by atoms with van der Waals surface area (Å²) in [4.78, 5) is 0. The smallest absolute Gasteiger partial charge is 0.182 e. The summed E-state index contributed by atoms with van der Waals surface area (Å²) in [7, 11) is 0. The van der Waals surface area contributed by atoms with E-state index in [9.17, 15) is 8.42 Å². The fourth-order valence-electron chi connectivity index (χ4n) is 0.780. The summed E-state index contributed by atoms with van der Waals surface area (Å²) in [6.45, 7) is 0. The molecule has 0 aliphatic rings. The first-order valence-electron chi connectivity index (χ1n) is 3.99. The fraction of sp³-hybridized carbons (Fsp3) is 1.00. The molecule has 0 radical (unpaired) electrons. The summed E-state index contributed by atoms with van der Waals surface area (Å²) in [6, 6.07) is 0. The van der Waals surface area contributed by atoms with Crippen LogP contribution in [0.5, 0.6) is 0 Å². The summed E-state index contributed by atoms with van der Waals surface area (Å²) >= 11 is 6.30. The largest absolute Gasteiger partial charge is 0.343 e. The first-order chi connectivity index (χ1) is 7.02. The van der Waals surface area contributed by atoms with Crippen molar-refractivity contribution in [2.45, 2.75) is 23.7 Å². The Morgan fingerprint density at radius 3 is 1.53 bits per heavy atom. The van der Waals surface area contributed by atoms with Crippen molar-refractivity contribution in [2.24, 2.45) is 0 Å². The van der Waals surface area contributed by atoms with E-state index < -0.39 is 33.0 Å². The first kappa shape index (κ1) is 15.8. The number of hydrogen-bond acceptors (Lipinski definition) is 3. The third-order valence-corrected chi connectivity index (χ3v) is 3.47. The van der Waals surface area contributed by atoms with Gasteiger partial charge in [0.15, 0.2) is 33.0 Å². The van der Waals surface area contributed by atoms with E-state index in [2.05, 4.69) is 0 Å². The van der Waals surface area contributed by atoms with Crippen LogP contribution in [0.3, 0.4) is 0 Å². The summed E-state index contributed by atoms with van der Waals surface area (Å²) in [5, 5.41) is 0. The number of ether oxygens (including phenoxy) is 1. The van der Waals surface area contributed by atoms with Gasteiger partial charge >= 0.3 is 0 Å². The molecule has 2 N–H and O–H groups in total. The van der Waals surface area contributed by atoms with Crippen molar-refractivity contribution in [3.8, 4) is 0 Å². The average molecular weight is 299 g/mol. The highest BCUT2D eigenvalue weighted by molar-refractivity contribution is 7.80. The Kier molecular flexibility index (Phi) is 9.31. The van der Waals surface area contributed by atoms with Crippen molar-refractivity contribution in [2.75, 3.05) is 11.8 Å². The van der Waals surface area contributed by atoms with Gasteiger partial charge in [-0.3, -0.25) is 0 Å². The van der Waals surface area contributed by atoms with Gasteiger partial charge in [-0.2, -0.15) is 0 Å². The maximum absolute atomic E-state index is 10.8. The molecule has 0 saturated carbocycles. The zero-order valence-corrected chi connectivity index (χ0v) is 10.8. The molecule has 4 atom stereocenters. The monoisotopic (exact) mass is 298 g/mol. The minimum absolute atomic E-state index is 0.126. The first-order valence-corrected chi connectivity index (χ1v) is 7.40. The Balaban J connectivity index is 4.32. The van der Waals surface area contributed by atoms with Crippen LogP contribution >= 0.6 is 23.2 Å². The lowest BCUT2D eigenvalue weighted by Crippen LogP contribution is -2.29. The molecule has 9 heteroatoms. The molecule has 0 aliphatic carbocycles. The van der Waals surface area contributed by atoms with E-state index in [1.54, 1.807) is 0 Å². The molecule has 0 saturated heterocycles. The van der Waals surface area contributed by atoms with E-state index >= 15 is 0 Å². The van der Waals surface area contributed by atoms with E-state index in [1.165, 1.54) is 0 Å². The van der Waals surface area contributed by atoms with Gasteiger partial charge in [-0.15, -0.1) is 23.2 Å². The highest BCUT2D eigenvalue weighted by atomic mass is 35.5. The standard InChI is InChI=1S/C6H12Cl2O5S2/c7-3-1-5(14(9)10)13-6(2-4-8)15(11)12/h5-6H,1-4H2,(H,9,10)(H,11,12). The summed E-state index contributed by atoms with van der Waals surface area (Å²) in [5.41, 5.74) is -2.13. The van der Waals surface area contributed by atoms with Crippen LogP contribution in [0, 0.1) is 0 Å². The predicted octanol–water partition coefficient (Wildman–Crippen LogP) is 1.36. The number of hydrogen-bond donors (Lipinski definition) is 2. The van der Waals surface area contributed by atoms with Gasteiger partial charge in [0.25, 0.3) is 0 Å². The molecule has 0 fully saturated rings. The van der Waals surface area contributed by atoms with Crippen molar-refractivity contribution in [1.82, 2.24) is 0 Å². The van der Waals surface area contributed by atoms with Crippen LogP contribution in [-0.2, 0) is 26.9 Å². The minimum atomic E-state index is -2.24. The van der Waals surface area contributed by atoms with E-state index in [-0.39, 0.29) is 24.6 Å². The zero-order chi connectivity index (χ0) is 11.8. The van der Waals surface area contributed by atoms with Crippen LogP contribution in [0.1, 0.15) is 12.8 Å². The lowest BCUT2D eigenvalue weighted by molar-refractivity contribution is 0.0734. The van der Waals surface area contributed by atoms with Gasteiger partial charge in [0.1, 0.15) is 0 Å². The third kappa shape index (κ3) is 6.83. The molecule has 0 aromatic carbocycles. The lowest BCUT2D eigenvalue weighted by atomic mass is 10.5. The number of halogens is 2. The molecule has 0 spiro atoms. The van der Waals surface area contributed by atoms with Gasteiger partial charge < -0.3 is 13.8 Å². The van der Waals surface area contributed by atoms with E-state index in [0.717, 1.165) is 0 Å². The van der Waals surface area contributed by atoms with Crippen molar-refractivity contribution in [1.29, 1.82) is 0 Å². The maximum atomic E-state index is 10.8. The third-order valence-electron chi connectivity index (χ3n) is 1.44. The van der Waals surface area contributed by atoms with Crippen LogP contribution in [0.2, 0.25) is 0 Å².